The number of hydrogen-bond donors (Lipinski definition) is 8. The lowest BCUT2D eigenvalue weighted by Crippen LogP contribution is -2.55. The molecule has 428 valence electrons. The number of carbonyl (C=O) groups excluding carboxylic acids is 10. The molecular formula is C56H63FN10O14. The van der Waals surface area contributed by atoms with Crippen LogP contribution in [0.5, 0.6) is 0 Å². The molecule has 81 heavy (non-hydrogen) atoms. The fraction of sp³-hybridized carbons (Fsp3) is 0.429. The van der Waals surface area contributed by atoms with Gasteiger partial charge in [0.15, 0.2) is 6.10 Å². The molecule has 1 aliphatic carbocycles. The van der Waals surface area contributed by atoms with Crippen molar-refractivity contribution in [3.8, 4) is 11.4 Å². The van der Waals surface area contributed by atoms with Crippen LogP contribution in [0.3, 0.4) is 0 Å². The number of aliphatic hydroxyl groups is 1. The van der Waals surface area contributed by atoms with Gasteiger partial charge in [-0.3, -0.25) is 52.8 Å². The van der Waals surface area contributed by atoms with Crippen LogP contribution in [-0.4, -0.2) is 130 Å². The van der Waals surface area contributed by atoms with E-state index in [1.807, 2.05) is 0 Å². The number of carbonyl (C=O) groups is 10. The highest BCUT2D eigenvalue weighted by atomic mass is 19.1. The van der Waals surface area contributed by atoms with E-state index in [1.54, 1.807) is 51.1 Å². The Bertz CT molecular complexity index is 3290. The highest BCUT2D eigenvalue weighted by Crippen LogP contribution is 2.45. The van der Waals surface area contributed by atoms with Gasteiger partial charge in [-0.2, -0.15) is 0 Å². The highest BCUT2D eigenvalue weighted by molar-refractivity contribution is 6.12. The number of fused-ring (bicyclic) bond motifs is 5. The first-order valence-electron chi connectivity index (χ1n) is 26.6. The van der Waals surface area contributed by atoms with E-state index < -0.39 is 115 Å². The monoisotopic (exact) mass is 1120 g/mol. The molecule has 0 spiro atoms. The number of nitrogens with zero attached hydrogens (tertiary/aromatic N) is 3. The van der Waals surface area contributed by atoms with E-state index in [0.29, 0.717) is 82.2 Å². The molecule has 4 aliphatic rings. The second-order valence-electron chi connectivity index (χ2n) is 20.6. The maximum Gasteiger partial charge on any atom is 0.340 e. The normalized spacial score (nSPS) is 16.8. The Labute approximate surface area is 463 Å². The van der Waals surface area contributed by atoms with E-state index in [0.717, 1.165) is 4.90 Å². The molecule has 0 saturated heterocycles. The number of aromatic nitrogens is 2. The minimum atomic E-state index is -1.68. The lowest BCUT2D eigenvalue weighted by atomic mass is 9.81. The van der Waals surface area contributed by atoms with Crippen LogP contribution in [-0.2, 0) is 83.4 Å². The van der Waals surface area contributed by atoms with Gasteiger partial charge in [-0.1, -0.05) is 50.6 Å². The van der Waals surface area contributed by atoms with Crippen LogP contribution in [0.15, 0.2) is 59.4 Å². The van der Waals surface area contributed by atoms with Gasteiger partial charge in [-0.25, -0.2) is 14.2 Å². The number of esters is 1. The first kappa shape index (κ1) is 58.4. The van der Waals surface area contributed by atoms with E-state index >= 15 is 4.39 Å². The number of ether oxygens (including phenoxy) is 2. The van der Waals surface area contributed by atoms with Crippen LogP contribution < -0.4 is 42.8 Å². The van der Waals surface area contributed by atoms with Gasteiger partial charge in [0.2, 0.25) is 41.4 Å². The van der Waals surface area contributed by atoms with Crippen molar-refractivity contribution in [1.82, 2.24) is 51.7 Å². The summed E-state index contributed by atoms with van der Waals surface area (Å²) >= 11 is 0. The number of benzene rings is 2. The van der Waals surface area contributed by atoms with Crippen molar-refractivity contribution >= 4 is 70.0 Å². The topological polar surface area (TPSA) is 332 Å². The number of hydrogen-bond acceptors (Lipinski definition) is 15. The van der Waals surface area contributed by atoms with Crippen molar-refractivity contribution < 1.29 is 66.9 Å². The summed E-state index contributed by atoms with van der Waals surface area (Å²) in [7, 11) is 0. The minimum Gasteiger partial charge on any atom is -0.458 e. The summed E-state index contributed by atoms with van der Waals surface area (Å²) in [5.41, 5.74) is 3.77. The minimum absolute atomic E-state index is 0.00520. The lowest BCUT2D eigenvalue weighted by molar-refractivity contribution is -0.157. The fourth-order valence-corrected chi connectivity index (χ4v) is 10.3. The lowest BCUT2D eigenvalue weighted by Gasteiger charge is -2.29. The number of nitrogens with one attached hydrogen (secondary N) is 7. The van der Waals surface area contributed by atoms with Crippen molar-refractivity contribution in [2.75, 3.05) is 33.0 Å². The molecule has 9 amide bonds. The Balaban J connectivity index is 0.789. The standard InChI is InChI=1S/C56H63FN10O14/c1-28(2)49(65-41(68)13-9-6-10-18-66-45(72)16-17-46(66)73)54(77)61-30(4)52(75)58-23-43(70)63-39(19-31-11-7-5-8-12-31)53(76)59-22-42(69)60-27-80-26-44(71)62-37-15-14-32-29(3)36(57)21-38-47(32)48(37)34-24-67-40(50(34)64-38)20-33-35(55(67)78)25-81-56(79)51(33)74/h5,7-8,11-12,16-17,20-21,28,30,37,39,49,51,74H,6,9-10,13-15,18-19,22-27H2,1-4H3,(H,58,75)(H,59,76)(H,60,69)(H,61,77)(H,62,71)(H,63,70)(H,65,68)/t30-,37-,39-,49-,51-/m0/s1. The van der Waals surface area contributed by atoms with Gasteiger partial charge < -0.3 is 56.4 Å². The highest BCUT2D eigenvalue weighted by Gasteiger charge is 2.38. The Hall–Kier alpha value is -8.71. The largest absolute Gasteiger partial charge is 0.458 e. The summed E-state index contributed by atoms with van der Waals surface area (Å²) in [5, 5.41) is 29.4. The van der Waals surface area contributed by atoms with Crippen molar-refractivity contribution in [2.45, 2.75) is 116 Å². The van der Waals surface area contributed by atoms with Gasteiger partial charge in [-0.15, -0.1) is 0 Å². The molecule has 0 unspecified atom stereocenters. The van der Waals surface area contributed by atoms with Crippen LogP contribution in [0.2, 0.25) is 0 Å². The zero-order valence-electron chi connectivity index (χ0n) is 45.0. The average Bonchev–Trinajstić information content (AvgIpc) is 3.02. The molecule has 5 atom stereocenters. The zero-order valence-corrected chi connectivity index (χ0v) is 45.0. The quantitative estimate of drug-likeness (QED) is 0.0178. The van der Waals surface area contributed by atoms with Gasteiger partial charge >= 0.3 is 5.97 Å². The average molecular weight is 1120 g/mol. The van der Waals surface area contributed by atoms with E-state index in [1.165, 1.54) is 35.8 Å². The molecule has 0 radical (unpaired) electrons. The van der Waals surface area contributed by atoms with Crippen LogP contribution in [0.4, 0.5) is 4.39 Å². The first-order chi connectivity index (χ1) is 38.7. The molecule has 8 rings (SSSR count). The van der Waals surface area contributed by atoms with Crippen molar-refractivity contribution in [3.63, 3.8) is 0 Å². The molecule has 3 aliphatic heterocycles. The summed E-state index contributed by atoms with van der Waals surface area (Å²) in [6.07, 6.45) is 3.09. The summed E-state index contributed by atoms with van der Waals surface area (Å²) < 4.78 is 27.3. The fourth-order valence-electron chi connectivity index (χ4n) is 10.3. The maximum absolute atomic E-state index is 15.3. The summed E-state index contributed by atoms with van der Waals surface area (Å²) in [4.78, 5) is 147. The Kier molecular flexibility index (Phi) is 18.5. The van der Waals surface area contributed by atoms with Gasteiger partial charge in [0.25, 0.3) is 17.4 Å². The zero-order chi connectivity index (χ0) is 58.2. The first-order valence-corrected chi connectivity index (χ1v) is 26.6. The molecule has 24 nitrogen and oxygen atoms in total. The third-order valence-electron chi connectivity index (χ3n) is 14.6. The maximum atomic E-state index is 15.3. The van der Waals surface area contributed by atoms with Gasteiger partial charge in [0, 0.05) is 54.1 Å². The summed E-state index contributed by atoms with van der Waals surface area (Å²) in [6, 6.07) is 7.55. The number of pyridine rings is 2. The SMILES string of the molecule is Cc1c(F)cc2nc3c(c4c2c1CC[C@@H]4NC(=O)COCNC(=O)CNC(=O)[C@H](Cc1ccccc1)NC(=O)CNC(=O)[C@H](C)NC(=O)[C@@H](NC(=O)CCCCCN1C(=O)C=CC1=O)C(C)C)Cn1c-3cc2c(c1=O)COC(=O)[C@H]2O. The van der Waals surface area contributed by atoms with Gasteiger partial charge in [0.1, 0.15) is 43.9 Å². The number of imide groups is 1. The predicted octanol–water partition coefficient (Wildman–Crippen LogP) is 0.248. The number of halogens is 1. The smallest absolute Gasteiger partial charge is 0.340 e. The van der Waals surface area contributed by atoms with Crippen LogP contribution in [0, 0.1) is 18.7 Å². The van der Waals surface area contributed by atoms with Gasteiger partial charge in [0.05, 0.1) is 48.1 Å². The van der Waals surface area contributed by atoms with Gasteiger partial charge in [-0.05, 0) is 73.8 Å². The Morgan fingerprint density at radius 3 is 2.26 bits per heavy atom. The van der Waals surface area contributed by atoms with E-state index in [4.69, 9.17) is 14.5 Å². The van der Waals surface area contributed by atoms with Crippen molar-refractivity contribution in [3.05, 3.63) is 110 Å². The molecule has 2 aromatic carbocycles. The number of aliphatic hydroxyl groups excluding tert-OH is 1. The molecule has 0 fully saturated rings. The number of unbranched alkanes of at least 4 members (excludes halogenated alkanes) is 2. The molecule has 0 saturated carbocycles. The van der Waals surface area contributed by atoms with Crippen molar-refractivity contribution in [2.24, 2.45) is 5.92 Å². The number of amides is 9. The van der Waals surface area contributed by atoms with E-state index in [9.17, 15) is 57.8 Å². The molecule has 25 heteroatoms. The molecule has 2 aromatic heterocycles. The second-order valence-corrected chi connectivity index (χ2v) is 20.6. The molecule has 4 aromatic rings. The van der Waals surface area contributed by atoms with Crippen LogP contribution in [0.25, 0.3) is 22.3 Å². The van der Waals surface area contributed by atoms with Crippen LogP contribution in [0.1, 0.15) is 104 Å². The Morgan fingerprint density at radius 1 is 0.815 bits per heavy atom. The second kappa shape index (κ2) is 25.6. The third kappa shape index (κ3) is 13.5. The molecular weight excluding hydrogens is 1060 g/mol. The summed E-state index contributed by atoms with van der Waals surface area (Å²) in [5.74, 6) is -6.99. The summed E-state index contributed by atoms with van der Waals surface area (Å²) in [6.45, 7) is 4.38. The Morgan fingerprint density at radius 2 is 1.53 bits per heavy atom. The van der Waals surface area contributed by atoms with E-state index in [2.05, 4.69) is 37.2 Å². The molecule has 5 heterocycles. The number of aryl methyl sites for hydroxylation is 1. The van der Waals surface area contributed by atoms with Crippen molar-refractivity contribution in [1.29, 1.82) is 0 Å². The third-order valence-corrected chi connectivity index (χ3v) is 14.6. The molecule has 0 bridgehead atoms. The molecule has 8 N–H and O–H groups in total. The number of cyclic esters (lactones) is 1. The van der Waals surface area contributed by atoms with E-state index in [-0.39, 0.29) is 61.4 Å². The van der Waals surface area contributed by atoms with Crippen LogP contribution >= 0.6 is 0 Å². The predicted molar refractivity (Wildman–Crippen MR) is 285 cm³/mol. The number of rotatable bonds is 24.